The van der Waals surface area contributed by atoms with Crippen LogP contribution in [0.4, 0.5) is 5.69 Å². The summed E-state index contributed by atoms with van der Waals surface area (Å²) < 4.78 is 0.592. The van der Waals surface area contributed by atoms with Crippen molar-refractivity contribution in [2.45, 2.75) is 13.8 Å². The van der Waals surface area contributed by atoms with Crippen molar-refractivity contribution in [2.24, 2.45) is 0 Å². The minimum absolute atomic E-state index is 0.0367. The maximum absolute atomic E-state index is 12.6. The fourth-order valence-electron chi connectivity index (χ4n) is 2.15. The molecule has 0 saturated carbocycles. The van der Waals surface area contributed by atoms with Crippen LogP contribution in [0, 0.1) is 13.8 Å². The van der Waals surface area contributed by atoms with E-state index in [1.165, 1.54) is 16.6 Å². The van der Waals surface area contributed by atoms with E-state index < -0.39 is 0 Å². The van der Waals surface area contributed by atoms with E-state index in [0.717, 1.165) is 16.1 Å². The van der Waals surface area contributed by atoms with Gasteiger partial charge in [-0.3, -0.25) is 9.69 Å². The summed E-state index contributed by atoms with van der Waals surface area (Å²) in [4.78, 5) is 17.3. The van der Waals surface area contributed by atoms with Gasteiger partial charge in [-0.2, -0.15) is 0 Å². The van der Waals surface area contributed by atoms with Crippen LogP contribution < -0.4 is 4.90 Å². The van der Waals surface area contributed by atoms with E-state index >= 15 is 0 Å². The SMILES string of the molecule is Cc1ccc(/C=C2/SC(=S)N(c3ccccc3C)C2=O)s1. The van der Waals surface area contributed by atoms with Crippen molar-refractivity contribution in [3.05, 3.63) is 56.6 Å². The Morgan fingerprint density at radius 3 is 2.57 bits per heavy atom. The van der Waals surface area contributed by atoms with E-state index in [-0.39, 0.29) is 5.91 Å². The minimum atomic E-state index is -0.0367. The number of hydrogen-bond acceptors (Lipinski definition) is 4. The van der Waals surface area contributed by atoms with Gasteiger partial charge in [0, 0.05) is 9.75 Å². The molecule has 1 saturated heterocycles. The van der Waals surface area contributed by atoms with E-state index in [1.807, 2.05) is 43.3 Å². The number of carbonyl (C=O) groups excluding carboxylic acids is 1. The molecule has 1 amide bonds. The third-order valence-electron chi connectivity index (χ3n) is 3.18. The van der Waals surface area contributed by atoms with Crippen molar-refractivity contribution in [1.29, 1.82) is 0 Å². The molecule has 2 aromatic rings. The van der Waals surface area contributed by atoms with Gasteiger partial charge < -0.3 is 0 Å². The first-order chi connectivity index (χ1) is 10.1. The molecule has 1 aliphatic rings. The highest BCUT2D eigenvalue weighted by molar-refractivity contribution is 8.27. The fraction of sp³-hybridized carbons (Fsp3) is 0.125. The maximum atomic E-state index is 12.6. The van der Waals surface area contributed by atoms with Crippen LogP contribution in [0.3, 0.4) is 0 Å². The largest absolute Gasteiger partial charge is 0.270 e. The van der Waals surface area contributed by atoms with Gasteiger partial charge in [0.2, 0.25) is 0 Å². The molecule has 1 aromatic carbocycles. The van der Waals surface area contributed by atoms with Gasteiger partial charge in [0.15, 0.2) is 4.32 Å². The summed E-state index contributed by atoms with van der Waals surface area (Å²) in [7, 11) is 0. The van der Waals surface area contributed by atoms with Crippen molar-refractivity contribution in [2.75, 3.05) is 4.90 Å². The number of thioether (sulfide) groups is 1. The molecule has 0 aliphatic carbocycles. The van der Waals surface area contributed by atoms with E-state index in [2.05, 4.69) is 13.0 Å². The van der Waals surface area contributed by atoms with Gasteiger partial charge in [0.1, 0.15) is 0 Å². The Balaban J connectivity index is 1.96. The number of rotatable bonds is 2. The Kier molecular flexibility index (Phi) is 3.97. The molecule has 5 heteroatoms. The van der Waals surface area contributed by atoms with Crippen LogP contribution in [0.2, 0.25) is 0 Å². The molecule has 1 fully saturated rings. The molecular weight excluding hydrogens is 318 g/mol. The molecule has 3 rings (SSSR count). The number of nitrogens with zero attached hydrogens (tertiary/aromatic N) is 1. The number of hydrogen-bond donors (Lipinski definition) is 0. The fourth-order valence-corrected chi connectivity index (χ4v) is 4.32. The molecule has 106 valence electrons. The second-order valence-electron chi connectivity index (χ2n) is 4.75. The first-order valence-electron chi connectivity index (χ1n) is 6.46. The van der Waals surface area contributed by atoms with Crippen LogP contribution in [0.1, 0.15) is 15.3 Å². The van der Waals surface area contributed by atoms with Crippen molar-refractivity contribution < 1.29 is 4.79 Å². The standard InChI is InChI=1S/C16H13NOS3/c1-10-5-3-4-6-13(10)17-15(18)14(21-16(17)19)9-12-8-7-11(2)20-12/h3-9H,1-2H3/b14-9+. The lowest BCUT2D eigenvalue weighted by atomic mass is 10.2. The lowest BCUT2D eigenvalue weighted by Gasteiger charge is -2.16. The molecule has 0 bridgehead atoms. The number of carbonyl (C=O) groups is 1. The predicted molar refractivity (Wildman–Crippen MR) is 95.9 cm³/mol. The third kappa shape index (κ3) is 2.81. The van der Waals surface area contributed by atoms with E-state index in [9.17, 15) is 4.79 Å². The molecular formula is C16H13NOS3. The molecule has 1 aromatic heterocycles. The van der Waals surface area contributed by atoms with Gasteiger partial charge in [-0.05, 0) is 43.7 Å². The highest BCUT2D eigenvalue weighted by Crippen LogP contribution is 2.37. The van der Waals surface area contributed by atoms with Crippen LogP contribution in [0.5, 0.6) is 0 Å². The average molecular weight is 331 g/mol. The highest BCUT2D eigenvalue weighted by Gasteiger charge is 2.33. The first kappa shape index (κ1) is 14.5. The Bertz CT molecular complexity index is 760. The van der Waals surface area contributed by atoms with E-state index in [4.69, 9.17) is 12.2 Å². The van der Waals surface area contributed by atoms with Crippen molar-refractivity contribution in [3.63, 3.8) is 0 Å². The number of anilines is 1. The van der Waals surface area contributed by atoms with Gasteiger partial charge in [-0.25, -0.2) is 0 Å². The van der Waals surface area contributed by atoms with E-state index in [1.54, 1.807) is 16.2 Å². The van der Waals surface area contributed by atoms with Crippen molar-refractivity contribution in [1.82, 2.24) is 0 Å². The number of amides is 1. The maximum Gasteiger partial charge on any atom is 0.270 e. The van der Waals surface area contributed by atoms with Gasteiger partial charge >= 0.3 is 0 Å². The number of benzene rings is 1. The van der Waals surface area contributed by atoms with Crippen LogP contribution in [0.15, 0.2) is 41.3 Å². The highest BCUT2D eigenvalue weighted by atomic mass is 32.2. The molecule has 21 heavy (non-hydrogen) atoms. The van der Waals surface area contributed by atoms with Crippen LogP contribution in [0.25, 0.3) is 6.08 Å². The summed E-state index contributed by atoms with van der Waals surface area (Å²) >= 11 is 8.43. The van der Waals surface area contributed by atoms with Gasteiger partial charge in [-0.1, -0.05) is 42.2 Å². The molecule has 2 heterocycles. The first-order valence-corrected chi connectivity index (χ1v) is 8.50. The predicted octanol–water partition coefficient (Wildman–Crippen LogP) is 4.77. The molecule has 1 aliphatic heterocycles. The van der Waals surface area contributed by atoms with E-state index in [0.29, 0.717) is 9.23 Å². The van der Waals surface area contributed by atoms with Gasteiger partial charge in [0.05, 0.1) is 10.6 Å². The zero-order chi connectivity index (χ0) is 15.0. The summed E-state index contributed by atoms with van der Waals surface area (Å²) in [6.07, 6.45) is 1.93. The molecule has 2 nitrogen and oxygen atoms in total. The van der Waals surface area contributed by atoms with Crippen molar-refractivity contribution in [3.8, 4) is 0 Å². The monoisotopic (exact) mass is 331 g/mol. The molecule has 0 unspecified atom stereocenters. The second kappa shape index (κ2) is 5.75. The molecule has 0 radical (unpaired) electrons. The van der Waals surface area contributed by atoms with Crippen molar-refractivity contribution >= 4 is 57.3 Å². The summed E-state index contributed by atoms with van der Waals surface area (Å²) in [6.45, 7) is 4.04. The lowest BCUT2D eigenvalue weighted by molar-refractivity contribution is -0.113. The number of aryl methyl sites for hydroxylation is 2. The van der Waals surface area contributed by atoms with Crippen LogP contribution in [-0.4, -0.2) is 10.2 Å². The third-order valence-corrected chi connectivity index (χ3v) is 5.43. The zero-order valence-electron chi connectivity index (χ0n) is 11.6. The topological polar surface area (TPSA) is 20.3 Å². The summed E-state index contributed by atoms with van der Waals surface area (Å²) in [6, 6.07) is 11.9. The molecule has 0 N–H and O–H groups in total. The number of para-hydroxylation sites is 1. The smallest absolute Gasteiger partial charge is 0.268 e. The quantitative estimate of drug-likeness (QED) is 0.584. The van der Waals surface area contributed by atoms with Crippen LogP contribution >= 0.6 is 35.3 Å². The Morgan fingerprint density at radius 2 is 1.90 bits per heavy atom. The summed E-state index contributed by atoms with van der Waals surface area (Å²) in [5.74, 6) is -0.0367. The Hall–Kier alpha value is -1.43. The minimum Gasteiger partial charge on any atom is -0.268 e. The van der Waals surface area contributed by atoms with Crippen LogP contribution in [-0.2, 0) is 4.79 Å². The normalized spacial score (nSPS) is 17.0. The second-order valence-corrected chi connectivity index (χ2v) is 7.75. The number of thiocarbonyl (C=S) groups is 1. The Labute approximate surface area is 137 Å². The lowest BCUT2D eigenvalue weighted by Crippen LogP contribution is -2.28. The molecule has 0 spiro atoms. The van der Waals surface area contributed by atoms with Gasteiger partial charge in [-0.15, -0.1) is 11.3 Å². The van der Waals surface area contributed by atoms with Gasteiger partial charge in [0.25, 0.3) is 5.91 Å². The Morgan fingerprint density at radius 1 is 1.14 bits per heavy atom. The summed E-state index contributed by atoms with van der Waals surface area (Å²) in [5.41, 5.74) is 1.91. The number of thiophene rings is 1. The average Bonchev–Trinajstić information content (AvgIpc) is 2.96. The zero-order valence-corrected chi connectivity index (χ0v) is 14.1. The summed E-state index contributed by atoms with van der Waals surface area (Å²) in [5, 5.41) is 0. The molecule has 0 atom stereocenters.